The molecule has 0 aromatic carbocycles. The maximum atomic E-state index is 8.77. The van der Waals surface area contributed by atoms with Crippen LogP contribution in [0, 0.1) is 22.7 Å². The van der Waals surface area contributed by atoms with E-state index in [1.165, 1.54) is 18.5 Å². The quantitative estimate of drug-likeness (QED) is 0.665. The Morgan fingerprint density at radius 3 is 2.31 bits per heavy atom. The monoisotopic (exact) mass is 215 g/mol. The minimum Gasteiger partial charge on any atom is -0.381 e. The maximum Gasteiger partial charge on any atom is 0.130 e. The van der Waals surface area contributed by atoms with E-state index in [4.69, 9.17) is 10.5 Å². The second-order valence-electron chi connectivity index (χ2n) is 4.21. The van der Waals surface area contributed by atoms with Crippen LogP contribution in [0.25, 0.3) is 0 Å². The van der Waals surface area contributed by atoms with Gasteiger partial charge in [0.2, 0.25) is 0 Å². The first-order valence-electron chi connectivity index (χ1n) is 5.60. The topological polar surface area (TPSA) is 50.8 Å². The van der Waals surface area contributed by atoms with Crippen LogP contribution in [0.2, 0.25) is 0 Å². The predicted molar refractivity (Wildman–Crippen MR) is 63.1 cm³/mol. The molecule has 1 aliphatic rings. The van der Waals surface area contributed by atoms with Crippen LogP contribution in [0.1, 0.15) is 32.1 Å². The summed E-state index contributed by atoms with van der Waals surface area (Å²) in [7, 11) is 4.04. The fourth-order valence-electron chi connectivity index (χ4n) is 2.02. The van der Waals surface area contributed by atoms with Crippen molar-refractivity contribution in [2.45, 2.75) is 32.1 Å². The third-order valence-electron chi connectivity index (χ3n) is 2.83. The fraction of sp³-hybridized carbons (Fsp3) is 0.538. The molecule has 0 saturated carbocycles. The van der Waals surface area contributed by atoms with Crippen LogP contribution in [-0.4, -0.2) is 19.0 Å². The van der Waals surface area contributed by atoms with Gasteiger partial charge < -0.3 is 4.90 Å². The van der Waals surface area contributed by atoms with E-state index in [0.717, 1.165) is 24.8 Å². The first-order valence-corrected chi connectivity index (χ1v) is 5.60. The van der Waals surface area contributed by atoms with Gasteiger partial charge in [-0.3, -0.25) is 0 Å². The van der Waals surface area contributed by atoms with Crippen molar-refractivity contribution in [1.82, 2.24) is 4.90 Å². The van der Waals surface area contributed by atoms with Gasteiger partial charge in [0.1, 0.15) is 17.7 Å². The highest BCUT2D eigenvalue weighted by atomic mass is 15.1. The molecular weight excluding hydrogens is 198 g/mol. The fourth-order valence-corrected chi connectivity index (χ4v) is 2.02. The van der Waals surface area contributed by atoms with Crippen LogP contribution in [0.15, 0.2) is 22.9 Å². The molecule has 1 aliphatic carbocycles. The smallest absolute Gasteiger partial charge is 0.130 e. The molecule has 0 spiro atoms. The summed E-state index contributed by atoms with van der Waals surface area (Å²) in [6.45, 7) is 0. The normalized spacial score (nSPS) is 15.8. The lowest BCUT2D eigenvalue weighted by Crippen LogP contribution is -2.12. The lowest BCUT2D eigenvalue weighted by Gasteiger charge is -2.19. The molecule has 0 aromatic rings. The predicted octanol–water partition coefficient (Wildman–Crippen LogP) is 2.74. The molecular formula is C13H17N3. The van der Waals surface area contributed by atoms with Crippen LogP contribution in [0.3, 0.4) is 0 Å². The van der Waals surface area contributed by atoms with Gasteiger partial charge >= 0.3 is 0 Å². The van der Waals surface area contributed by atoms with Gasteiger partial charge in [-0.2, -0.15) is 10.5 Å². The molecule has 0 aromatic heterocycles. The molecule has 0 radical (unpaired) electrons. The SMILES string of the molecule is CN(C)C1=C(C=C(C#N)C#N)CCCCC1. The molecule has 84 valence electrons. The molecule has 0 amide bonds. The number of nitrogens with zero attached hydrogens (tertiary/aromatic N) is 3. The lowest BCUT2D eigenvalue weighted by atomic mass is 10.1. The van der Waals surface area contributed by atoms with E-state index in [2.05, 4.69) is 4.90 Å². The Balaban J connectivity index is 3.08. The zero-order valence-corrected chi connectivity index (χ0v) is 9.95. The van der Waals surface area contributed by atoms with E-state index in [9.17, 15) is 0 Å². The molecule has 0 heterocycles. The van der Waals surface area contributed by atoms with Crippen molar-refractivity contribution >= 4 is 0 Å². The second kappa shape index (κ2) is 5.98. The van der Waals surface area contributed by atoms with E-state index < -0.39 is 0 Å². The zero-order valence-electron chi connectivity index (χ0n) is 9.95. The zero-order chi connectivity index (χ0) is 12.0. The van der Waals surface area contributed by atoms with Crippen molar-refractivity contribution in [3.05, 3.63) is 22.9 Å². The summed E-state index contributed by atoms with van der Waals surface area (Å²) in [5.41, 5.74) is 2.62. The minimum atomic E-state index is 0.205. The van der Waals surface area contributed by atoms with E-state index in [0.29, 0.717) is 0 Å². The average molecular weight is 215 g/mol. The summed E-state index contributed by atoms with van der Waals surface area (Å²) in [6.07, 6.45) is 7.33. The molecule has 0 bridgehead atoms. The van der Waals surface area contributed by atoms with Gasteiger partial charge in [-0.25, -0.2) is 0 Å². The van der Waals surface area contributed by atoms with Crippen LogP contribution in [0.4, 0.5) is 0 Å². The van der Waals surface area contributed by atoms with Gasteiger partial charge in [0.15, 0.2) is 0 Å². The first kappa shape index (κ1) is 12.3. The summed E-state index contributed by atoms with van der Waals surface area (Å²) in [5.74, 6) is 0. The first-order chi connectivity index (χ1) is 7.69. The Hall–Kier alpha value is -1.74. The summed E-state index contributed by atoms with van der Waals surface area (Å²) in [6, 6.07) is 3.85. The van der Waals surface area contributed by atoms with Crippen LogP contribution >= 0.6 is 0 Å². The van der Waals surface area contributed by atoms with Crippen molar-refractivity contribution in [1.29, 1.82) is 10.5 Å². The van der Waals surface area contributed by atoms with Gasteiger partial charge in [-0.15, -0.1) is 0 Å². The molecule has 0 aliphatic heterocycles. The Kier molecular flexibility index (Phi) is 4.61. The van der Waals surface area contributed by atoms with Gasteiger partial charge in [0.05, 0.1) is 0 Å². The van der Waals surface area contributed by atoms with E-state index >= 15 is 0 Å². The van der Waals surface area contributed by atoms with E-state index in [1.807, 2.05) is 26.2 Å². The molecule has 16 heavy (non-hydrogen) atoms. The number of allylic oxidation sites excluding steroid dienone is 4. The number of nitriles is 2. The van der Waals surface area contributed by atoms with Gasteiger partial charge in [0.25, 0.3) is 0 Å². The molecule has 1 rings (SSSR count). The number of rotatable bonds is 2. The third-order valence-corrected chi connectivity index (χ3v) is 2.83. The van der Waals surface area contributed by atoms with Crippen molar-refractivity contribution < 1.29 is 0 Å². The molecule has 0 atom stereocenters. The summed E-state index contributed by atoms with van der Waals surface area (Å²) in [4.78, 5) is 2.10. The van der Waals surface area contributed by atoms with Crippen LogP contribution in [-0.2, 0) is 0 Å². The van der Waals surface area contributed by atoms with Gasteiger partial charge in [-0.1, -0.05) is 6.42 Å². The summed E-state index contributed by atoms with van der Waals surface area (Å²) in [5, 5.41) is 17.5. The van der Waals surface area contributed by atoms with E-state index in [-0.39, 0.29) is 5.57 Å². The van der Waals surface area contributed by atoms with Crippen LogP contribution in [0.5, 0.6) is 0 Å². The highest BCUT2D eigenvalue weighted by Gasteiger charge is 2.12. The number of hydrogen-bond donors (Lipinski definition) is 0. The Morgan fingerprint density at radius 1 is 1.12 bits per heavy atom. The molecule has 0 saturated heterocycles. The van der Waals surface area contributed by atoms with Gasteiger partial charge in [-0.05, 0) is 37.3 Å². The highest BCUT2D eigenvalue weighted by Crippen LogP contribution is 2.26. The summed E-state index contributed by atoms with van der Waals surface area (Å²) < 4.78 is 0. The van der Waals surface area contributed by atoms with Crippen molar-refractivity contribution in [2.75, 3.05) is 14.1 Å². The molecule has 3 nitrogen and oxygen atoms in total. The van der Waals surface area contributed by atoms with Crippen LogP contribution < -0.4 is 0 Å². The largest absolute Gasteiger partial charge is 0.381 e. The summed E-state index contributed by atoms with van der Waals surface area (Å²) >= 11 is 0. The Morgan fingerprint density at radius 2 is 1.75 bits per heavy atom. The van der Waals surface area contributed by atoms with Crippen molar-refractivity contribution in [3.63, 3.8) is 0 Å². The Bertz CT molecular complexity index is 372. The van der Waals surface area contributed by atoms with Crippen molar-refractivity contribution in [2.24, 2.45) is 0 Å². The molecule has 0 fully saturated rings. The average Bonchev–Trinajstić information content (AvgIpc) is 2.50. The minimum absolute atomic E-state index is 0.205. The molecule has 0 N–H and O–H groups in total. The Labute approximate surface area is 97.3 Å². The van der Waals surface area contributed by atoms with Gasteiger partial charge in [0, 0.05) is 19.8 Å². The highest BCUT2D eigenvalue weighted by molar-refractivity contribution is 5.42. The maximum absolute atomic E-state index is 8.77. The third kappa shape index (κ3) is 3.14. The lowest BCUT2D eigenvalue weighted by molar-refractivity contribution is 0.478. The van der Waals surface area contributed by atoms with Crippen molar-refractivity contribution in [3.8, 4) is 12.1 Å². The molecule has 0 unspecified atom stereocenters. The number of hydrogen-bond acceptors (Lipinski definition) is 3. The molecule has 3 heteroatoms. The standard InChI is InChI=1S/C13H17N3/c1-16(2)13-7-5-3-4-6-12(13)8-11(9-14)10-15/h8H,3-7H2,1-2H3. The second-order valence-corrected chi connectivity index (χ2v) is 4.21. The van der Waals surface area contributed by atoms with E-state index in [1.54, 1.807) is 6.08 Å².